The van der Waals surface area contributed by atoms with Crippen molar-refractivity contribution in [2.24, 2.45) is 0 Å². The van der Waals surface area contributed by atoms with E-state index in [2.05, 4.69) is 26.6 Å². The summed E-state index contributed by atoms with van der Waals surface area (Å²) >= 11 is 5.09. The second kappa shape index (κ2) is 7.59. The van der Waals surface area contributed by atoms with E-state index in [0.29, 0.717) is 6.54 Å². The Morgan fingerprint density at radius 3 is 2.79 bits per heavy atom. The smallest absolute Gasteiger partial charge is 0.252 e. The van der Waals surface area contributed by atoms with Gasteiger partial charge in [-0.25, -0.2) is 0 Å². The molecule has 7 heteroatoms. The van der Waals surface area contributed by atoms with E-state index in [-0.39, 0.29) is 18.3 Å². The average molecular weight is 370 g/mol. The van der Waals surface area contributed by atoms with Crippen molar-refractivity contribution in [3.8, 4) is 0 Å². The number of carbonyl (C=O) groups is 1. The molecule has 1 aromatic rings. The van der Waals surface area contributed by atoms with Crippen LogP contribution in [0.5, 0.6) is 0 Å². The summed E-state index contributed by atoms with van der Waals surface area (Å²) in [7, 11) is 1.62. The molecule has 0 saturated carbocycles. The minimum atomic E-state index is -0.658. The standard InChI is InChI=1S/C12H17BrN2O2S.ClH/c1-17-12(3-5-14-6-4-12)11(16)15-8-10-9(13)2-7-18-10;/h2,7,14H,3-6,8H2,1H3,(H,15,16);1H. The number of amides is 1. The van der Waals surface area contributed by atoms with Gasteiger partial charge < -0.3 is 15.4 Å². The van der Waals surface area contributed by atoms with E-state index in [0.717, 1.165) is 35.3 Å². The van der Waals surface area contributed by atoms with Crippen LogP contribution in [0.2, 0.25) is 0 Å². The first kappa shape index (κ1) is 16.9. The van der Waals surface area contributed by atoms with Crippen molar-refractivity contribution in [2.45, 2.75) is 25.0 Å². The van der Waals surface area contributed by atoms with Crippen LogP contribution in [-0.4, -0.2) is 31.7 Å². The van der Waals surface area contributed by atoms with Crippen LogP contribution in [0.15, 0.2) is 15.9 Å². The number of halogens is 2. The van der Waals surface area contributed by atoms with E-state index < -0.39 is 5.60 Å². The second-order valence-electron chi connectivity index (χ2n) is 4.32. The van der Waals surface area contributed by atoms with E-state index in [4.69, 9.17) is 4.74 Å². The minimum absolute atomic E-state index is 0. The maximum atomic E-state index is 12.3. The summed E-state index contributed by atoms with van der Waals surface area (Å²) in [6.07, 6.45) is 1.45. The van der Waals surface area contributed by atoms with E-state index in [9.17, 15) is 4.79 Å². The largest absolute Gasteiger partial charge is 0.368 e. The molecule has 0 spiro atoms. The monoisotopic (exact) mass is 368 g/mol. The first-order chi connectivity index (χ1) is 8.68. The lowest BCUT2D eigenvalue weighted by atomic mass is 9.91. The molecule has 0 aliphatic carbocycles. The van der Waals surface area contributed by atoms with Gasteiger partial charge in [-0.15, -0.1) is 23.7 Å². The van der Waals surface area contributed by atoms with E-state index in [1.54, 1.807) is 18.4 Å². The van der Waals surface area contributed by atoms with Gasteiger partial charge in [-0.2, -0.15) is 0 Å². The Hall–Kier alpha value is -0.140. The fourth-order valence-corrected chi connectivity index (χ4v) is 3.56. The molecule has 0 aromatic carbocycles. The van der Waals surface area contributed by atoms with Crippen molar-refractivity contribution in [3.63, 3.8) is 0 Å². The third kappa shape index (κ3) is 3.92. The first-order valence-corrected chi connectivity index (χ1v) is 7.61. The fraction of sp³-hybridized carbons (Fsp3) is 0.583. The molecule has 0 atom stereocenters. The molecular formula is C12H18BrClN2O2S. The molecule has 2 rings (SSSR count). The summed E-state index contributed by atoms with van der Waals surface area (Å²) in [6.45, 7) is 2.20. The highest BCUT2D eigenvalue weighted by Crippen LogP contribution is 2.25. The van der Waals surface area contributed by atoms with Crippen LogP contribution < -0.4 is 10.6 Å². The Morgan fingerprint density at radius 2 is 2.26 bits per heavy atom. The van der Waals surface area contributed by atoms with Gasteiger partial charge in [0.15, 0.2) is 0 Å². The first-order valence-electron chi connectivity index (χ1n) is 5.94. The Bertz CT molecular complexity index is 422. The van der Waals surface area contributed by atoms with Crippen molar-refractivity contribution >= 4 is 45.6 Å². The molecule has 2 N–H and O–H groups in total. The molecule has 1 aliphatic rings. The van der Waals surface area contributed by atoms with Gasteiger partial charge in [0.25, 0.3) is 5.91 Å². The summed E-state index contributed by atoms with van der Waals surface area (Å²) in [5, 5.41) is 8.22. The molecule has 1 saturated heterocycles. The molecule has 0 unspecified atom stereocenters. The molecule has 0 bridgehead atoms. The number of methoxy groups -OCH3 is 1. The SMILES string of the molecule is COC1(C(=O)NCc2sccc2Br)CCNCC1.Cl. The number of carbonyl (C=O) groups excluding carboxylic acids is 1. The number of thiophene rings is 1. The zero-order chi connectivity index (χ0) is 13.0. The molecule has 0 radical (unpaired) electrons. The van der Waals surface area contributed by atoms with Crippen LogP contribution in [0.4, 0.5) is 0 Å². The van der Waals surface area contributed by atoms with Gasteiger partial charge in [0, 0.05) is 16.5 Å². The van der Waals surface area contributed by atoms with Gasteiger partial charge in [-0.3, -0.25) is 4.79 Å². The number of ether oxygens (including phenoxy) is 1. The molecule has 19 heavy (non-hydrogen) atoms. The molecular weight excluding hydrogens is 352 g/mol. The Kier molecular flexibility index (Phi) is 6.76. The summed E-state index contributed by atoms with van der Waals surface area (Å²) < 4.78 is 6.53. The van der Waals surface area contributed by atoms with Crippen LogP contribution in [-0.2, 0) is 16.1 Å². The molecule has 1 aromatic heterocycles. The number of hydrogen-bond acceptors (Lipinski definition) is 4. The van der Waals surface area contributed by atoms with Gasteiger partial charge in [-0.1, -0.05) is 0 Å². The van der Waals surface area contributed by atoms with Crippen LogP contribution in [0.25, 0.3) is 0 Å². The fourth-order valence-electron chi connectivity index (χ4n) is 2.13. The zero-order valence-corrected chi connectivity index (χ0v) is 13.9. The summed E-state index contributed by atoms with van der Waals surface area (Å²) in [5.74, 6) is -0.00759. The van der Waals surface area contributed by atoms with Crippen LogP contribution in [0.3, 0.4) is 0 Å². The van der Waals surface area contributed by atoms with Crippen LogP contribution in [0, 0.1) is 0 Å². The van der Waals surface area contributed by atoms with Crippen LogP contribution >= 0.6 is 39.7 Å². The highest BCUT2D eigenvalue weighted by Gasteiger charge is 2.39. The van der Waals surface area contributed by atoms with E-state index >= 15 is 0 Å². The van der Waals surface area contributed by atoms with Crippen molar-refractivity contribution < 1.29 is 9.53 Å². The molecule has 108 valence electrons. The summed E-state index contributed by atoms with van der Waals surface area (Å²) in [5.41, 5.74) is -0.658. The lowest BCUT2D eigenvalue weighted by molar-refractivity contribution is -0.146. The van der Waals surface area contributed by atoms with Crippen molar-refractivity contribution in [2.75, 3.05) is 20.2 Å². The quantitative estimate of drug-likeness (QED) is 0.856. The van der Waals surface area contributed by atoms with Gasteiger partial charge in [0.1, 0.15) is 5.60 Å². The van der Waals surface area contributed by atoms with E-state index in [1.807, 2.05) is 11.4 Å². The van der Waals surface area contributed by atoms with Gasteiger partial charge in [0.2, 0.25) is 0 Å². The third-order valence-corrected chi connectivity index (χ3v) is 5.24. The Morgan fingerprint density at radius 1 is 1.58 bits per heavy atom. The van der Waals surface area contributed by atoms with Crippen molar-refractivity contribution in [3.05, 3.63) is 20.8 Å². The maximum Gasteiger partial charge on any atom is 0.252 e. The normalized spacial score (nSPS) is 17.6. The number of hydrogen-bond donors (Lipinski definition) is 2. The Labute approximate surface area is 131 Å². The number of piperidine rings is 1. The highest BCUT2D eigenvalue weighted by molar-refractivity contribution is 9.10. The third-order valence-electron chi connectivity index (χ3n) is 3.32. The summed E-state index contributed by atoms with van der Waals surface area (Å²) in [6, 6.07) is 1.99. The molecule has 4 nitrogen and oxygen atoms in total. The molecule has 1 fully saturated rings. The molecule has 1 aliphatic heterocycles. The maximum absolute atomic E-state index is 12.3. The molecule has 1 amide bonds. The lowest BCUT2D eigenvalue weighted by Crippen LogP contribution is -2.53. The van der Waals surface area contributed by atoms with Gasteiger partial charge in [0.05, 0.1) is 6.54 Å². The van der Waals surface area contributed by atoms with Crippen molar-refractivity contribution in [1.82, 2.24) is 10.6 Å². The number of nitrogens with one attached hydrogen (secondary N) is 2. The minimum Gasteiger partial charge on any atom is -0.368 e. The predicted molar refractivity (Wildman–Crippen MR) is 83.0 cm³/mol. The second-order valence-corrected chi connectivity index (χ2v) is 6.18. The average Bonchev–Trinajstić information content (AvgIpc) is 2.82. The summed E-state index contributed by atoms with van der Waals surface area (Å²) in [4.78, 5) is 13.4. The Balaban J connectivity index is 0.00000180. The van der Waals surface area contributed by atoms with E-state index in [1.165, 1.54) is 0 Å². The van der Waals surface area contributed by atoms with Gasteiger partial charge >= 0.3 is 0 Å². The zero-order valence-electron chi connectivity index (χ0n) is 10.7. The predicted octanol–water partition coefficient (Wildman–Crippen LogP) is 2.32. The number of rotatable bonds is 4. The van der Waals surface area contributed by atoms with Crippen LogP contribution in [0.1, 0.15) is 17.7 Å². The topological polar surface area (TPSA) is 50.4 Å². The lowest BCUT2D eigenvalue weighted by Gasteiger charge is -2.34. The van der Waals surface area contributed by atoms with Gasteiger partial charge in [-0.05, 0) is 53.3 Å². The van der Waals surface area contributed by atoms with Crippen molar-refractivity contribution in [1.29, 1.82) is 0 Å². The molecule has 2 heterocycles. The highest BCUT2D eigenvalue weighted by atomic mass is 79.9.